The molecule has 1 atom stereocenters. The zero-order valence-electron chi connectivity index (χ0n) is 13.5. The molecule has 2 rings (SSSR count). The lowest BCUT2D eigenvalue weighted by Gasteiger charge is -2.22. The van der Waals surface area contributed by atoms with Crippen molar-refractivity contribution in [2.45, 2.75) is 50.3 Å². The third kappa shape index (κ3) is 5.00. The summed E-state index contributed by atoms with van der Waals surface area (Å²) in [5.74, 6) is 0.719. The Labute approximate surface area is 140 Å². The third-order valence-electron chi connectivity index (χ3n) is 3.46. The van der Waals surface area contributed by atoms with Crippen molar-refractivity contribution in [1.29, 1.82) is 5.26 Å². The van der Waals surface area contributed by atoms with Gasteiger partial charge in [-0.15, -0.1) is 0 Å². The summed E-state index contributed by atoms with van der Waals surface area (Å²) in [4.78, 5) is 16.1. The molecule has 1 aromatic carbocycles. The largest absolute Gasteiger partial charge is 0.431 e. The standard InChI is InChI=1S/C17H21N3O2S/c1-3-7-15(21)20-17(2,12-18)10-6-11-23-16-19-13-8-4-5-9-14(13)22-16/h4-5,8-9H,3,6-7,10-11H2,1-2H3,(H,20,21)/t17-/m1/s1. The second-order valence-corrected chi connectivity index (χ2v) is 6.69. The lowest BCUT2D eigenvalue weighted by Crippen LogP contribution is -2.44. The van der Waals surface area contributed by atoms with Crippen molar-refractivity contribution in [1.82, 2.24) is 10.3 Å². The van der Waals surface area contributed by atoms with Crippen molar-refractivity contribution in [3.63, 3.8) is 0 Å². The number of aromatic nitrogens is 1. The van der Waals surface area contributed by atoms with Crippen LogP contribution in [0, 0.1) is 11.3 Å². The van der Waals surface area contributed by atoms with Crippen molar-refractivity contribution in [2.24, 2.45) is 0 Å². The highest BCUT2D eigenvalue weighted by Crippen LogP contribution is 2.25. The van der Waals surface area contributed by atoms with Crippen molar-refractivity contribution in [3.8, 4) is 6.07 Å². The number of nitrogens with one attached hydrogen (secondary N) is 1. The van der Waals surface area contributed by atoms with E-state index in [4.69, 9.17) is 4.42 Å². The van der Waals surface area contributed by atoms with E-state index in [0.717, 1.165) is 29.7 Å². The number of carbonyl (C=O) groups is 1. The smallest absolute Gasteiger partial charge is 0.256 e. The molecular formula is C17H21N3O2S. The fourth-order valence-corrected chi connectivity index (χ4v) is 3.02. The quantitative estimate of drug-likeness (QED) is 0.586. The number of hydrogen-bond donors (Lipinski definition) is 1. The molecule has 1 N–H and O–H groups in total. The minimum atomic E-state index is -0.811. The molecule has 5 nitrogen and oxygen atoms in total. The number of carbonyl (C=O) groups excluding carboxylic acids is 1. The molecule has 6 heteroatoms. The fraction of sp³-hybridized carbons (Fsp3) is 0.471. The second-order valence-electron chi connectivity index (χ2n) is 5.64. The van der Waals surface area contributed by atoms with Gasteiger partial charge in [0.05, 0.1) is 6.07 Å². The summed E-state index contributed by atoms with van der Waals surface area (Å²) in [6, 6.07) is 9.86. The summed E-state index contributed by atoms with van der Waals surface area (Å²) in [5.41, 5.74) is 0.820. The fourth-order valence-electron chi connectivity index (χ4n) is 2.24. The molecule has 23 heavy (non-hydrogen) atoms. The normalized spacial score (nSPS) is 13.4. The van der Waals surface area contributed by atoms with E-state index in [0.29, 0.717) is 18.1 Å². The number of rotatable bonds is 8. The Morgan fingerprint density at radius 1 is 1.48 bits per heavy atom. The lowest BCUT2D eigenvalue weighted by atomic mass is 9.98. The highest BCUT2D eigenvalue weighted by Gasteiger charge is 2.25. The Kier molecular flexibility index (Phi) is 6.05. The summed E-state index contributed by atoms with van der Waals surface area (Å²) in [6.07, 6.45) is 2.63. The van der Waals surface area contributed by atoms with Crippen LogP contribution in [-0.2, 0) is 4.79 Å². The first-order chi connectivity index (χ1) is 11.1. The predicted octanol–water partition coefficient (Wildman–Crippen LogP) is 3.90. The molecule has 0 aliphatic carbocycles. The van der Waals surface area contributed by atoms with Gasteiger partial charge in [0.15, 0.2) is 5.58 Å². The third-order valence-corrected chi connectivity index (χ3v) is 4.37. The van der Waals surface area contributed by atoms with Gasteiger partial charge in [0.2, 0.25) is 5.91 Å². The van der Waals surface area contributed by atoms with Crippen molar-refractivity contribution >= 4 is 28.8 Å². The van der Waals surface area contributed by atoms with Gasteiger partial charge in [0, 0.05) is 12.2 Å². The van der Waals surface area contributed by atoms with Crippen LogP contribution in [0.25, 0.3) is 11.1 Å². The number of oxazole rings is 1. The molecule has 1 aromatic heterocycles. The van der Waals surface area contributed by atoms with E-state index in [1.807, 2.05) is 31.2 Å². The average Bonchev–Trinajstić information content (AvgIpc) is 2.94. The number of benzene rings is 1. The van der Waals surface area contributed by atoms with Crippen LogP contribution in [0.1, 0.15) is 39.5 Å². The van der Waals surface area contributed by atoms with E-state index in [-0.39, 0.29) is 5.91 Å². The molecule has 0 spiro atoms. The SMILES string of the molecule is CCCC(=O)N[C@@](C)(C#N)CCCSc1nc2ccccc2o1. The van der Waals surface area contributed by atoms with E-state index < -0.39 is 5.54 Å². The Bertz CT molecular complexity index is 674. The molecule has 0 aliphatic heterocycles. The van der Waals surface area contributed by atoms with Crippen LogP contribution in [0.3, 0.4) is 0 Å². The minimum Gasteiger partial charge on any atom is -0.431 e. The summed E-state index contributed by atoms with van der Waals surface area (Å²) in [6.45, 7) is 3.71. The molecule has 0 bridgehead atoms. The first-order valence-electron chi connectivity index (χ1n) is 7.77. The highest BCUT2D eigenvalue weighted by atomic mass is 32.2. The van der Waals surface area contributed by atoms with Gasteiger partial charge in [-0.25, -0.2) is 4.98 Å². The van der Waals surface area contributed by atoms with Gasteiger partial charge in [-0.1, -0.05) is 30.8 Å². The molecule has 2 aromatic rings. The highest BCUT2D eigenvalue weighted by molar-refractivity contribution is 7.99. The van der Waals surface area contributed by atoms with E-state index in [1.165, 1.54) is 11.8 Å². The molecule has 0 unspecified atom stereocenters. The Morgan fingerprint density at radius 2 is 2.26 bits per heavy atom. The van der Waals surface area contributed by atoms with E-state index in [1.54, 1.807) is 6.92 Å². The van der Waals surface area contributed by atoms with Crippen LogP contribution in [0.15, 0.2) is 33.9 Å². The molecule has 0 aliphatic rings. The van der Waals surface area contributed by atoms with Gasteiger partial charge < -0.3 is 9.73 Å². The first-order valence-corrected chi connectivity index (χ1v) is 8.75. The average molecular weight is 331 g/mol. The molecular weight excluding hydrogens is 310 g/mol. The maximum absolute atomic E-state index is 11.7. The van der Waals surface area contributed by atoms with Crippen LogP contribution in [0.5, 0.6) is 0 Å². The number of nitrogens with zero attached hydrogens (tertiary/aromatic N) is 2. The van der Waals surface area contributed by atoms with Gasteiger partial charge in [-0.2, -0.15) is 5.26 Å². The van der Waals surface area contributed by atoms with Gasteiger partial charge in [0.25, 0.3) is 5.22 Å². The van der Waals surface area contributed by atoms with Crippen LogP contribution in [-0.4, -0.2) is 22.2 Å². The van der Waals surface area contributed by atoms with E-state index in [9.17, 15) is 10.1 Å². The molecule has 122 valence electrons. The van der Waals surface area contributed by atoms with Crippen molar-refractivity contribution in [3.05, 3.63) is 24.3 Å². The summed E-state index contributed by atoms with van der Waals surface area (Å²) < 4.78 is 5.64. The van der Waals surface area contributed by atoms with Crippen LogP contribution in [0.2, 0.25) is 0 Å². The maximum Gasteiger partial charge on any atom is 0.256 e. The lowest BCUT2D eigenvalue weighted by molar-refractivity contribution is -0.122. The Hall–Kier alpha value is -2.00. The zero-order chi connectivity index (χ0) is 16.7. The number of thioether (sulfide) groups is 1. The summed E-state index contributed by atoms with van der Waals surface area (Å²) >= 11 is 1.53. The topological polar surface area (TPSA) is 78.9 Å². The molecule has 1 amide bonds. The number of fused-ring (bicyclic) bond motifs is 1. The first kappa shape index (κ1) is 17.4. The molecule has 0 fully saturated rings. The predicted molar refractivity (Wildman–Crippen MR) is 91.0 cm³/mol. The van der Waals surface area contributed by atoms with Crippen LogP contribution in [0.4, 0.5) is 0 Å². The Balaban J connectivity index is 1.81. The second kappa shape index (κ2) is 8.02. The van der Waals surface area contributed by atoms with Crippen molar-refractivity contribution < 1.29 is 9.21 Å². The number of hydrogen-bond acceptors (Lipinski definition) is 5. The van der Waals surface area contributed by atoms with Crippen molar-refractivity contribution in [2.75, 3.05) is 5.75 Å². The van der Waals surface area contributed by atoms with Gasteiger partial charge in [0.1, 0.15) is 11.1 Å². The molecule has 0 saturated heterocycles. The van der Waals surface area contributed by atoms with Gasteiger partial charge in [-0.05, 0) is 38.3 Å². The van der Waals surface area contributed by atoms with E-state index >= 15 is 0 Å². The summed E-state index contributed by atoms with van der Waals surface area (Å²) in [7, 11) is 0. The number of nitriles is 1. The molecule has 0 radical (unpaired) electrons. The van der Waals surface area contributed by atoms with Gasteiger partial charge in [-0.3, -0.25) is 4.79 Å². The van der Waals surface area contributed by atoms with E-state index in [2.05, 4.69) is 16.4 Å². The van der Waals surface area contributed by atoms with Crippen LogP contribution >= 0.6 is 11.8 Å². The van der Waals surface area contributed by atoms with Crippen LogP contribution < -0.4 is 5.32 Å². The number of para-hydroxylation sites is 2. The minimum absolute atomic E-state index is 0.0665. The maximum atomic E-state index is 11.7. The molecule has 0 saturated carbocycles. The zero-order valence-corrected chi connectivity index (χ0v) is 14.3. The summed E-state index contributed by atoms with van der Waals surface area (Å²) in [5, 5.41) is 12.8. The monoisotopic (exact) mass is 331 g/mol. The Morgan fingerprint density at radius 3 is 2.96 bits per heavy atom. The number of amides is 1. The molecule has 1 heterocycles. The van der Waals surface area contributed by atoms with Gasteiger partial charge >= 0.3 is 0 Å².